The fraction of sp³-hybridized carbons (Fsp3) is 0.273. The quantitative estimate of drug-likeness (QED) is 0.307. The molecule has 0 saturated heterocycles. The molecule has 1 aromatic carbocycles. The third kappa shape index (κ3) is 4.48. The Labute approximate surface area is 223 Å². The van der Waals surface area contributed by atoms with Crippen LogP contribution < -0.4 is 5.63 Å². The number of likely N-dealkylation sites (N-methyl/N-ethyl adjacent to an activating group) is 1. The van der Waals surface area contributed by atoms with Crippen molar-refractivity contribution in [2.45, 2.75) is 53.9 Å². The van der Waals surface area contributed by atoms with Crippen molar-refractivity contribution in [3.8, 4) is 11.8 Å². The fourth-order valence-electron chi connectivity index (χ4n) is 5.52. The first-order valence-electron chi connectivity index (χ1n) is 13.0. The number of hydrogen-bond acceptors (Lipinski definition) is 3. The minimum absolute atomic E-state index is 0.172. The summed E-state index contributed by atoms with van der Waals surface area (Å²) >= 11 is 0. The number of allylic oxidation sites excluding steroid dienone is 6. The molecule has 5 heteroatoms. The number of Topliss-reactive ketones (excluding diaryl/α,β-unsaturated/α-hetero) is 1. The van der Waals surface area contributed by atoms with Gasteiger partial charge in [-0.1, -0.05) is 11.8 Å². The SMILES string of the molecule is CC=[N+]1C(C)=CC(C)=C1C(C=Cc1cc2cc3c(cc2oc1=O)C#CCCC(=O)C3)=C1C(C)=CC(C)=[N+]1C. The molecule has 5 nitrogen and oxygen atoms in total. The van der Waals surface area contributed by atoms with Crippen LogP contribution in [0, 0.1) is 11.8 Å². The molecule has 1 aromatic heterocycles. The van der Waals surface area contributed by atoms with Crippen molar-refractivity contribution in [2.24, 2.45) is 0 Å². The molecule has 0 amide bonds. The zero-order chi connectivity index (χ0) is 27.1. The number of fused-ring (bicyclic) bond motifs is 2. The third-order valence-electron chi connectivity index (χ3n) is 7.41. The first-order valence-corrected chi connectivity index (χ1v) is 13.0. The van der Waals surface area contributed by atoms with Gasteiger partial charge < -0.3 is 4.42 Å². The van der Waals surface area contributed by atoms with Gasteiger partial charge >= 0.3 is 5.63 Å². The van der Waals surface area contributed by atoms with Gasteiger partial charge in [0.15, 0.2) is 11.4 Å². The van der Waals surface area contributed by atoms with Crippen LogP contribution in [0.15, 0.2) is 79.4 Å². The van der Waals surface area contributed by atoms with Gasteiger partial charge in [-0.2, -0.15) is 9.15 Å². The average Bonchev–Trinajstić information content (AvgIpc) is 3.29. The predicted octanol–water partition coefficient (Wildman–Crippen LogP) is 5.67. The van der Waals surface area contributed by atoms with E-state index in [0.29, 0.717) is 30.4 Å². The van der Waals surface area contributed by atoms with Crippen molar-refractivity contribution in [2.75, 3.05) is 7.05 Å². The topological polar surface area (TPSA) is 53.3 Å². The summed E-state index contributed by atoms with van der Waals surface area (Å²) in [5.74, 6) is 6.35. The van der Waals surface area contributed by atoms with E-state index in [1.807, 2.05) is 31.2 Å². The predicted molar refractivity (Wildman–Crippen MR) is 152 cm³/mol. The van der Waals surface area contributed by atoms with Gasteiger partial charge in [-0.05, 0) is 49.8 Å². The van der Waals surface area contributed by atoms with Crippen LogP contribution in [0.5, 0.6) is 0 Å². The maximum atomic E-state index is 13.1. The van der Waals surface area contributed by atoms with E-state index in [2.05, 4.69) is 74.1 Å². The Bertz CT molecular complexity index is 1770. The highest BCUT2D eigenvalue weighted by atomic mass is 16.4. The molecule has 38 heavy (non-hydrogen) atoms. The largest absolute Gasteiger partial charge is 0.422 e. The maximum absolute atomic E-state index is 13.1. The molecule has 0 saturated carbocycles. The summed E-state index contributed by atoms with van der Waals surface area (Å²) in [6, 6.07) is 5.57. The second-order valence-corrected chi connectivity index (χ2v) is 10.1. The lowest BCUT2D eigenvalue weighted by Gasteiger charge is -2.09. The van der Waals surface area contributed by atoms with Crippen LogP contribution in [0.3, 0.4) is 0 Å². The van der Waals surface area contributed by atoms with Crippen molar-refractivity contribution in [1.29, 1.82) is 0 Å². The van der Waals surface area contributed by atoms with Crippen molar-refractivity contribution in [3.05, 3.63) is 97.3 Å². The highest BCUT2D eigenvalue weighted by Crippen LogP contribution is 2.34. The van der Waals surface area contributed by atoms with Gasteiger partial charge in [0, 0.05) is 74.3 Å². The highest BCUT2D eigenvalue weighted by Gasteiger charge is 2.35. The molecule has 0 spiro atoms. The molecule has 0 bridgehead atoms. The van der Waals surface area contributed by atoms with Crippen molar-refractivity contribution >= 4 is 34.8 Å². The van der Waals surface area contributed by atoms with Gasteiger partial charge in [0.05, 0.1) is 5.56 Å². The standard InChI is InChI=1S/C33H32N2O3/c1-7-35-23(5)15-21(3)32(35)29(31-20(2)14-22(4)34(31)6)13-12-25-16-27-17-26-18-28(36)11-9-8-10-24(26)19-30(27)38-33(25)37/h7,12-17,19H,9,11,18H2,1-6H3/q+2. The number of benzene rings is 1. The number of ketones is 1. The van der Waals surface area contributed by atoms with E-state index in [-0.39, 0.29) is 5.78 Å². The zero-order valence-corrected chi connectivity index (χ0v) is 22.9. The van der Waals surface area contributed by atoms with E-state index in [4.69, 9.17) is 4.42 Å². The van der Waals surface area contributed by atoms with E-state index in [0.717, 1.165) is 50.5 Å². The molecule has 2 aromatic rings. The van der Waals surface area contributed by atoms with Gasteiger partial charge in [0.2, 0.25) is 11.4 Å². The number of carbonyl (C=O) groups excluding carboxylic acids is 1. The summed E-state index contributed by atoms with van der Waals surface area (Å²) in [4.78, 5) is 25.3. The van der Waals surface area contributed by atoms with Gasteiger partial charge in [-0.15, -0.1) is 0 Å². The Morgan fingerprint density at radius 2 is 1.87 bits per heavy atom. The van der Waals surface area contributed by atoms with Gasteiger partial charge in [-0.3, -0.25) is 4.79 Å². The van der Waals surface area contributed by atoms with E-state index in [1.165, 1.54) is 5.57 Å². The molecule has 190 valence electrons. The van der Waals surface area contributed by atoms with Gasteiger partial charge in [0.25, 0.3) is 0 Å². The lowest BCUT2D eigenvalue weighted by atomic mass is 9.96. The average molecular weight is 505 g/mol. The van der Waals surface area contributed by atoms with Crippen LogP contribution in [-0.4, -0.2) is 33.9 Å². The van der Waals surface area contributed by atoms with Crippen LogP contribution in [-0.2, 0) is 11.2 Å². The first kappa shape index (κ1) is 25.4. The Kier molecular flexibility index (Phi) is 6.59. The van der Waals surface area contributed by atoms with Crippen LogP contribution in [0.25, 0.3) is 17.0 Å². The molecule has 2 aliphatic heterocycles. The van der Waals surface area contributed by atoms with Crippen LogP contribution >= 0.6 is 0 Å². The molecule has 0 N–H and O–H groups in total. The van der Waals surface area contributed by atoms with Crippen molar-refractivity contribution in [3.63, 3.8) is 0 Å². The molecule has 0 radical (unpaired) electrons. The molecule has 5 rings (SSSR count). The third-order valence-corrected chi connectivity index (χ3v) is 7.41. The second-order valence-electron chi connectivity index (χ2n) is 10.1. The van der Waals surface area contributed by atoms with Gasteiger partial charge in [-0.25, -0.2) is 4.79 Å². The Morgan fingerprint density at radius 1 is 1.08 bits per heavy atom. The van der Waals surface area contributed by atoms with Gasteiger partial charge in [0.1, 0.15) is 30.2 Å². The fourth-order valence-corrected chi connectivity index (χ4v) is 5.52. The molecule has 0 unspecified atom stereocenters. The van der Waals surface area contributed by atoms with E-state index in [9.17, 15) is 9.59 Å². The normalized spacial score (nSPS) is 20.1. The van der Waals surface area contributed by atoms with E-state index < -0.39 is 5.63 Å². The monoisotopic (exact) mass is 504 g/mol. The molecular weight excluding hydrogens is 472 g/mol. The minimum Gasteiger partial charge on any atom is -0.422 e. The van der Waals surface area contributed by atoms with Crippen LogP contribution in [0.2, 0.25) is 0 Å². The lowest BCUT2D eigenvalue weighted by molar-refractivity contribution is -0.441. The molecule has 1 aliphatic carbocycles. The smallest absolute Gasteiger partial charge is 0.343 e. The van der Waals surface area contributed by atoms with Crippen molar-refractivity contribution < 1.29 is 18.4 Å². The summed E-state index contributed by atoms with van der Waals surface area (Å²) in [6.45, 7) is 10.4. The number of hydrogen-bond donors (Lipinski definition) is 0. The Hall–Kier alpha value is -4.30. The summed E-state index contributed by atoms with van der Waals surface area (Å²) in [5, 5.41) is 0.780. The number of rotatable bonds is 3. The Morgan fingerprint density at radius 3 is 2.58 bits per heavy atom. The second kappa shape index (κ2) is 9.87. The molecule has 3 aliphatic rings. The molecule has 3 heterocycles. The van der Waals surface area contributed by atoms with Crippen LogP contribution in [0.1, 0.15) is 64.2 Å². The minimum atomic E-state index is -0.409. The maximum Gasteiger partial charge on any atom is 0.343 e. The van der Waals surface area contributed by atoms with Crippen molar-refractivity contribution in [1.82, 2.24) is 0 Å². The Balaban J connectivity index is 1.66. The zero-order valence-electron chi connectivity index (χ0n) is 22.9. The summed E-state index contributed by atoms with van der Waals surface area (Å²) in [5.41, 5.74) is 10.0. The van der Waals surface area contributed by atoms with E-state index in [1.54, 1.807) is 6.07 Å². The molecular formula is C33H32N2O3+2. The summed E-state index contributed by atoms with van der Waals surface area (Å²) in [7, 11) is 2.07. The summed E-state index contributed by atoms with van der Waals surface area (Å²) in [6.07, 6.45) is 11.6. The highest BCUT2D eigenvalue weighted by molar-refractivity contribution is 5.92. The number of nitrogens with zero attached hydrogens (tertiary/aromatic N) is 2. The number of carbonyl (C=O) groups is 1. The lowest BCUT2D eigenvalue weighted by Crippen LogP contribution is -2.15. The van der Waals surface area contributed by atoms with E-state index >= 15 is 0 Å². The molecule has 0 atom stereocenters. The first-order chi connectivity index (χ1) is 18.2. The summed E-state index contributed by atoms with van der Waals surface area (Å²) < 4.78 is 10.1. The van der Waals surface area contributed by atoms with Crippen LogP contribution in [0.4, 0.5) is 0 Å². The molecule has 0 fully saturated rings.